The van der Waals surface area contributed by atoms with Crippen molar-refractivity contribution < 1.29 is 14.5 Å². The highest BCUT2D eigenvalue weighted by Gasteiger charge is 2.18. The maximum atomic E-state index is 11.1. The van der Waals surface area contributed by atoms with Gasteiger partial charge in [-0.05, 0) is 17.7 Å². The van der Waals surface area contributed by atoms with Crippen LogP contribution in [0.4, 0.5) is 5.69 Å². The summed E-state index contributed by atoms with van der Waals surface area (Å²) >= 11 is 0. The Morgan fingerprint density at radius 2 is 1.91 bits per heavy atom. The Kier molecular flexibility index (Phi) is 5.08. The van der Waals surface area contributed by atoms with Crippen LogP contribution in [-0.4, -0.2) is 18.4 Å². The quantitative estimate of drug-likeness (QED) is 0.484. The zero-order chi connectivity index (χ0) is 15.9. The number of amides is 1. The van der Waals surface area contributed by atoms with Crippen molar-refractivity contribution in [2.45, 2.75) is 12.5 Å². The first-order chi connectivity index (χ1) is 10.7. The predicted octanol–water partition coefficient (Wildman–Crippen LogP) is 2.63. The van der Waals surface area contributed by atoms with E-state index in [1.54, 1.807) is 37.4 Å². The summed E-state index contributed by atoms with van der Waals surface area (Å²) in [5.41, 5.74) is 1.47. The van der Waals surface area contributed by atoms with Crippen LogP contribution in [0.25, 0.3) is 0 Å². The molecule has 0 bridgehead atoms. The third kappa shape index (κ3) is 3.60. The zero-order valence-electron chi connectivity index (χ0n) is 12.1. The van der Waals surface area contributed by atoms with Gasteiger partial charge in [0.05, 0.1) is 18.1 Å². The molecule has 0 aromatic heterocycles. The molecule has 2 aromatic carbocycles. The summed E-state index contributed by atoms with van der Waals surface area (Å²) in [6, 6.07) is 13.4. The number of hydrogen-bond donors (Lipinski definition) is 1. The molecule has 0 heterocycles. The number of para-hydroxylation sites is 1. The smallest absolute Gasteiger partial charge is 0.272 e. The molecule has 6 heteroatoms. The van der Waals surface area contributed by atoms with Gasteiger partial charge in [-0.1, -0.05) is 30.3 Å². The van der Waals surface area contributed by atoms with E-state index in [0.29, 0.717) is 24.1 Å². The number of benzene rings is 2. The highest BCUT2D eigenvalue weighted by atomic mass is 16.6. The maximum Gasteiger partial charge on any atom is 0.272 e. The normalized spacial score (nSPS) is 11.5. The lowest BCUT2D eigenvalue weighted by molar-refractivity contribution is -0.385. The molecule has 0 aliphatic rings. The summed E-state index contributed by atoms with van der Waals surface area (Å²) in [4.78, 5) is 21.5. The molecule has 0 radical (unpaired) electrons. The number of hydrogen-bond acceptors (Lipinski definition) is 4. The molecule has 1 atom stereocenters. The summed E-state index contributed by atoms with van der Waals surface area (Å²) in [7, 11) is 1.57. The number of methoxy groups -OCH3 is 1. The van der Waals surface area contributed by atoms with Gasteiger partial charge in [-0.2, -0.15) is 0 Å². The average Bonchev–Trinajstić information content (AvgIpc) is 2.55. The number of nitrogens with zero attached hydrogens (tertiary/aromatic N) is 1. The highest BCUT2D eigenvalue weighted by Crippen LogP contribution is 2.25. The monoisotopic (exact) mass is 300 g/mol. The van der Waals surface area contributed by atoms with E-state index in [0.717, 1.165) is 5.56 Å². The van der Waals surface area contributed by atoms with Gasteiger partial charge in [0.15, 0.2) is 0 Å². The highest BCUT2D eigenvalue weighted by molar-refractivity contribution is 5.49. The molecule has 6 nitrogen and oxygen atoms in total. The van der Waals surface area contributed by atoms with Gasteiger partial charge >= 0.3 is 0 Å². The molecule has 2 aromatic rings. The van der Waals surface area contributed by atoms with Crippen molar-refractivity contribution in [1.29, 1.82) is 0 Å². The van der Waals surface area contributed by atoms with Gasteiger partial charge < -0.3 is 10.1 Å². The first-order valence-corrected chi connectivity index (χ1v) is 6.71. The number of nitrogens with one attached hydrogen (secondary N) is 1. The predicted molar refractivity (Wildman–Crippen MR) is 81.7 cm³/mol. The molecule has 1 N–H and O–H groups in total. The van der Waals surface area contributed by atoms with Crippen molar-refractivity contribution in [3.8, 4) is 5.75 Å². The van der Waals surface area contributed by atoms with Crippen molar-refractivity contribution in [2.24, 2.45) is 0 Å². The van der Waals surface area contributed by atoms with E-state index in [2.05, 4.69) is 5.32 Å². The Hall–Kier alpha value is -2.89. The van der Waals surface area contributed by atoms with Crippen LogP contribution in [0.5, 0.6) is 5.75 Å². The minimum Gasteiger partial charge on any atom is -0.497 e. The van der Waals surface area contributed by atoms with E-state index < -0.39 is 4.92 Å². The first-order valence-electron chi connectivity index (χ1n) is 6.71. The fourth-order valence-corrected chi connectivity index (χ4v) is 2.27. The van der Waals surface area contributed by atoms with Gasteiger partial charge in [0.25, 0.3) is 5.69 Å². The Balaban J connectivity index is 2.28. The van der Waals surface area contributed by atoms with E-state index >= 15 is 0 Å². The van der Waals surface area contributed by atoms with Crippen molar-refractivity contribution in [1.82, 2.24) is 5.32 Å². The summed E-state index contributed by atoms with van der Waals surface area (Å²) in [5, 5.41) is 13.8. The Morgan fingerprint density at radius 1 is 1.23 bits per heavy atom. The molecule has 0 saturated heterocycles. The van der Waals surface area contributed by atoms with Crippen LogP contribution >= 0.6 is 0 Å². The van der Waals surface area contributed by atoms with E-state index in [9.17, 15) is 14.9 Å². The van der Waals surface area contributed by atoms with Gasteiger partial charge in [-0.3, -0.25) is 14.9 Å². The molecule has 0 aliphatic carbocycles. The number of nitro benzene ring substituents is 1. The molecule has 0 spiro atoms. The van der Waals surface area contributed by atoms with E-state index in [1.165, 1.54) is 6.07 Å². The average molecular weight is 300 g/mol. The largest absolute Gasteiger partial charge is 0.497 e. The van der Waals surface area contributed by atoms with Gasteiger partial charge in [-0.25, -0.2) is 0 Å². The Bertz CT molecular complexity index is 655. The molecule has 2 rings (SSSR count). The van der Waals surface area contributed by atoms with Gasteiger partial charge in [0.1, 0.15) is 5.75 Å². The minimum absolute atomic E-state index is 0.0497. The molecule has 0 fully saturated rings. The van der Waals surface area contributed by atoms with Crippen LogP contribution in [0, 0.1) is 10.1 Å². The number of nitro groups is 1. The second kappa shape index (κ2) is 7.21. The summed E-state index contributed by atoms with van der Waals surface area (Å²) < 4.78 is 5.10. The summed E-state index contributed by atoms with van der Waals surface area (Å²) in [6.45, 7) is 0. The van der Waals surface area contributed by atoms with Crippen LogP contribution in [0.1, 0.15) is 17.2 Å². The zero-order valence-corrected chi connectivity index (χ0v) is 12.1. The van der Waals surface area contributed by atoms with Crippen LogP contribution in [0.3, 0.4) is 0 Å². The number of rotatable bonds is 7. The first kappa shape index (κ1) is 15.5. The van der Waals surface area contributed by atoms with Crippen molar-refractivity contribution in [3.05, 3.63) is 69.8 Å². The van der Waals surface area contributed by atoms with E-state index in [1.807, 2.05) is 12.1 Å². The number of carbonyl (C=O) groups is 1. The van der Waals surface area contributed by atoms with Crippen LogP contribution in [0.2, 0.25) is 0 Å². The van der Waals surface area contributed by atoms with Crippen LogP contribution in [0.15, 0.2) is 48.5 Å². The number of ether oxygens (including phenoxy) is 1. The van der Waals surface area contributed by atoms with Crippen LogP contribution < -0.4 is 10.1 Å². The lowest BCUT2D eigenvalue weighted by atomic mass is 9.98. The van der Waals surface area contributed by atoms with Crippen molar-refractivity contribution in [2.75, 3.05) is 7.11 Å². The molecule has 22 heavy (non-hydrogen) atoms. The topological polar surface area (TPSA) is 81.5 Å². The molecule has 0 saturated carbocycles. The molecule has 114 valence electrons. The van der Waals surface area contributed by atoms with Crippen LogP contribution in [-0.2, 0) is 11.2 Å². The second-order valence-corrected chi connectivity index (χ2v) is 4.70. The lowest BCUT2D eigenvalue weighted by Crippen LogP contribution is -2.22. The summed E-state index contributed by atoms with van der Waals surface area (Å²) in [6.07, 6.45) is 0.936. The molecular formula is C16H16N2O4. The third-order valence-corrected chi connectivity index (χ3v) is 3.40. The SMILES string of the molecule is COc1ccc(C(Cc2ccccc2[N+](=O)[O-])NC=O)cc1. The van der Waals surface area contributed by atoms with Gasteiger partial charge in [0.2, 0.25) is 6.41 Å². The van der Waals surface area contributed by atoms with Crippen molar-refractivity contribution in [3.63, 3.8) is 0 Å². The Morgan fingerprint density at radius 3 is 2.50 bits per heavy atom. The molecule has 1 amide bonds. The van der Waals surface area contributed by atoms with Gasteiger partial charge in [0, 0.05) is 18.1 Å². The fourth-order valence-electron chi connectivity index (χ4n) is 2.27. The van der Waals surface area contributed by atoms with Gasteiger partial charge in [-0.15, -0.1) is 0 Å². The van der Waals surface area contributed by atoms with E-state index in [4.69, 9.17) is 4.74 Å². The second-order valence-electron chi connectivity index (χ2n) is 4.70. The van der Waals surface area contributed by atoms with Crippen molar-refractivity contribution >= 4 is 12.1 Å². The fraction of sp³-hybridized carbons (Fsp3) is 0.188. The number of carbonyl (C=O) groups excluding carboxylic acids is 1. The van der Waals surface area contributed by atoms with E-state index in [-0.39, 0.29) is 11.7 Å². The molecular weight excluding hydrogens is 284 g/mol. The maximum absolute atomic E-state index is 11.1. The molecule has 1 unspecified atom stereocenters. The lowest BCUT2D eigenvalue weighted by Gasteiger charge is -2.17. The summed E-state index contributed by atoms with van der Waals surface area (Å²) in [5.74, 6) is 0.708. The standard InChI is InChI=1S/C16H16N2O4/c1-22-14-8-6-12(7-9-14)15(17-11-19)10-13-4-2-3-5-16(13)18(20)21/h2-9,11,15H,10H2,1H3,(H,17,19). The Labute approximate surface area is 127 Å². The molecule has 0 aliphatic heterocycles. The minimum atomic E-state index is -0.415. The third-order valence-electron chi connectivity index (χ3n) is 3.40.